The fourth-order valence-electron chi connectivity index (χ4n) is 1.45. The molecule has 4 heteroatoms. The van der Waals surface area contributed by atoms with Crippen molar-refractivity contribution in [1.29, 1.82) is 0 Å². The van der Waals surface area contributed by atoms with Crippen molar-refractivity contribution in [2.45, 2.75) is 19.8 Å². The summed E-state index contributed by atoms with van der Waals surface area (Å²) in [5.74, 6) is 0.911. The van der Waals surface area contributed by atoms with Crippen LogP contribution in [-0.2, 0) is 9.53 Å². The Morgan fingerprint density at radius 2 is 2.12 bits per heavy atom. The Bertz CT molecular complexity index is 410. The minimum Gasteiger partial charge on any atom is -0.464 e. The van der Waals surface area contributed by atoms with Crippen molar-refractivity contribution in [3.63, 3.8) is 0 Å². The van der Waals surface area contributed by atoms with Crippen molar-refractivity contribution >= 4 is 5.97 Å². The van der Waals surface area contributed by atoms with Gasteiger partial charge in [0.15, 0.2) is 18.3 Å². The SMILES string of the molecule is COCOc1ccc(C)cc1OC(=O)C1CC1. The van der Waals surface area contributed by atoms with Crippen LogP contribution >= 0.6 is 0 Å². The molecular weight excluding hydrogens is 220 g/mol. The fourth-order valence-corrected chi connectivity index (χ4v) is 1.45. The van der Waals surface area contributed by atoms with Crippen LogP contribution in [0.5, 0.6) is 11.5 Å². The molecular formula is C13H16O4. The molecule has 0 aliphatic heterocycles. The van der Waals surface area contributed by atoms with E-state index in [0.29, 0.717) is 11.5 Å². The number of benzene rings is 1. The van der Waals surface area contributed by atoms with Gasteiger partial charge in [0.1, 0.15) is 0 Å². The Hall–Kier alpha value is -1.55. The molecule has 17 heavy (non-hydrogen) atoms. The van der Waals surface area contributed by atoms with Crippen LogP contribution in [0.1, 0.15) is 18.4 Å². The van der Waals surface area contributed by atoms with E-state index in [1.54, 1.807) is 19.2 Å². The van der Waals surface area contributed by atoms with Gasteiger partial charge >= 0.3 is 5.97 Å². The fraction of sp³-hybridized carbons (Fsp3) is 0.462. The first-order chi connectivity index (χ1) is 8.20. The summed E-state index contributed by atoms with van der Waals surface area (Å²) in [5, 5.41) is 0. The molecule has 0 atom stereocenters. The summed E-state index contributed by atoms with van der Waals surface area (Å²) >= 11 is 0. The first kappa shape index (κ1) is 11.9. The Balaban J connectivity index is 2.10. The van der Waals surface area contributed by atoms with Crippen LogP contribution in [0.25, 0.3) is 0 Å². The van der Waals surface area contributed by atoms with Crippen molar-refractivity contribution in [3.05, 3.63) is 23.8 Å². The van der Waals surface area contributed by atoms with Crippen LogP contribution in [0.3, 0.4) is 0 Å². The van der Waals surface area contributed by atoms with E-state index in [4.69, 9.17) is 14.2 Å². The molecule has 0 saturated heterocycles. The molecule has 92 valence electrons. The Kier molecular flexibility index (Phi) is 3.64. The van der Waals surface area contributed by atoms with Crippen LogP contribution in [0.15, 0.2) is 18.2 Å². The zero-order valence-electron chi connectivity index (χ0n) is 10.1. The summed E-state index contributed by atoms with van der Waals surface area (Å²) < 4.78 is 15.5. The molecule has 0 radical (unpaired) electrons. The number of aryl methyl sites for hydroxylation is 1. The first-order valence-electron chi connectivity index (χ1n) is 5.65. The standard InChI is InChI=1S/C13H16O4/c1-9-3-6-11(16-8-15-2)12(7-9)17-13(14)10-4-5-10/h3,6-7,10H,4-5,8H2,1-2H3. The van der Waals surface area contributed by atoms with Gasteiger partial charge in [-0.05, 0) is 37.5 Å². The molecule has 0 amide bonds. The molecule has 0 N–H and O–H groups in total. The van der Waals surface area contributed by atoms with E-state index >= 15 is 0 Å². The average molecular weight is 236 g/mol. The zero-order valence-corrected chi connectivity index (χ0v) is 10.1. The molecule has 1 aromatic rings. The van der Waals surface area contributed by atoms with Crippen LogP contribution in [0.2, 0.25) is 0 Å². The summed E-state index contributed by atoms with van der Waals surface area (Å²) in [6.07, 6.45) is 1.86. The Morgan fingerprint density at radius 1 is 1.35 bits per heavy atom. The lowest BCUT2D eigenvalue weighted by molar-refractivity contribution is -0.136. The largest absolute Gasteiger partial charge is 0.464 e. The first-order valence-corrected chi connectivity index (χ1v) is 5.65. The smallest absolute Gasteiger partial charge is 0.314 e. The summed E-state index contributed by atoms with van der Waals surface area (Å²) in [6.45, 7) is 2.08. The van der Waals surface area contributed by atoms with E-state index < -0.39 is 0 Å². The van der Waals surface area contributed by atoms with Gasteiger partial charge in [-0.15, -0.1) is 0 Å². The van der Waals surface area contributed by atoms with Gasteiger partial charge in [0.25, 0.3) is 0 Å². The third kappa shape index (κ3) is 3.20. The molecule has 0 heterocycles. The Morgan fingerprint density at radius 3 is 2.76 bits per heavy atom. The topological polar surface area (TPSA) is 44.8 Å². The molecule has 1 fully saturated rings. The Labute approximate surface area is 100 Å². The maximum atomic E-state index is 11.6. The minimum atomic E-state index is -0.169. The molecule has 0 unspecified atom stereocenters. The number of esters is 1. The highest BCUT2D eigenvalue weighted by molar-refractivity contribution is 5.78. The number of rotatable bonds is 5. The molecule has 4 nitrogen and oxygen atoms in total. The second kappa shape index (κ2) is 5.19. The number of ether oxygens (including phenoxy) is 3. The van der Waals surface area contributed by atoms with Gasteiger partial charge in [-0.3, -0.25) is 4.79 Å². The third-order valence-electron chi connectivity index (χ3n) is 2.55. The molecule has 0 aromatic heterocycles. The van der Waals surface area contributed by atoms with Crippen molar-refractivity contribution in [2.75, 3.05) is 13.9 Å². The second-order valence-corrected chi connectivity index (χ2v) is 4.20. The minimum absolute atomic E-state index is 0.0748. The quantitative estimate of drug-likeness (QED) is 0.447. The van der Waals surface area contributed by atoms with Crippen molar-refractivity contribution in [2.24, 2.45) is 5.92 Å². The van der Waals surface area contributed by atoms with Crippen molar-refractivity contribution < 1.29 is 19.0 Å². The van der Waals surface area contributed by atoms with Gasteiger partial charge in [0.2, 0.25) is 0 Å². The maximum absolute atomic E-state index is 11.6. The van der Waals surface area contributed by atoms with E-state index in [1.807, 2.05) is 13.0 Å². The zero-order chi connectivity index (χ0) is 12.3. The van der Waals surface area contributed by atoms with E-state index in [2.05, 4.69) is 0 Å². The van der Waals surface area contributed by atoms with Gasteiger partial charge < -0.3 is 14.2 Å². The highest BCUT2D eigenvalue weighted by Gasteiger charge is 2.32. The van der Waals surface area contributed by atoms with Crippen LogP contribution in [-0.4, -0.2) is 19.9 Å². The summed E-state index contributed by atoms with van der Waals surface area (Å²) in [7, 11) is 1.55. The van der Waals surface area contributed by atoms with Crippen LogP contribution in [0.4, 0.5) is 0 Å². The summed E-state index contributed by atoms with van der Waals surface area (Å²) in [6, 6.07) is 5.48. The second-order valence-electron chi connectivity index (χ2n) is 4.20. The highest BCUT2D eigenvalue weighted by Crippen LogP contribution is 2.34. The molecule has 2 rings (SSSR count). The summed E-state index contributed by atoms with van der Waals surface area (Å²) in [5.41, 5.74) is 1.02. The lowest BCUT2D eigenvalue weighted by Crippen LogP contribution is -2.11. The summed E-state index contributed by atoms with van der Waals surface area (Å²) in [4.78, 5) is 11.6. The molecule has 0 bridgehead atoms. The van der Waals surface area contributed by atoms with E-state index in [-0.39, 0.29) is 18.7 Å². The van der Waals surface area contributed by atoms with Gasteiger partial charge in [-0.2, -0.15) is 0 Å². The number of hydrogen-bond donors (Lipinski definition) is 0. The lowest BCUT2D eigenvalue weighted by atomic mass is 10.2. The van der Waals surface area contributed by atoms with Gasteiger partial charge in [0, 0.05) is 7.11 Å². The molecule has 0 spiro atoms. The van der Waals surface area contributed by atoms with Crippen molar-refractivity contribution in [1.82, 2.24) is 0 Å². The predicted molar refractivity (Wildman–Crippen MR) is 62.0 cm³/mol. The van der Waals surface area contributed by atoms with E-state index in [9.17, 15) is 4.79 Å². The number of carbonyl (C=O) groups excluding carboxylic acids is 1. The third-order valence-corrected chi connectivity index (χ3v) is 2.55. The average Bonchev–Trinajstić information content (AvgIpc) is 3.12. The number of carbonyl (C=O) groups is 1. The number of methoxy groups -OCH3 is 1. The van der Waals surface area contributed by atoms with Crippen LogP contribution < -0.4 is 9.47 Å². The van der Waals surface area contributed by atoms with Gasteiger partial charge in [-0.1, -0.05) is 6.07 Å². The monoisotopic (exact) mass is 236 g/mol. The van der Waals surface area contributed by atoms with E-state index in [0.717, 1.165) is 18.4 Å². The molecule has 1 aromatic carbocycles. The molecule has 1 saturated carbocycles. The predicted octanol–water partition coefficient (Wildman–Crippen LogP) is 2.29. The maximum Gasteiger partial charge on any atom is 0.314 e. The molecule has 1 aliphatic carbocycles. The van der Waals surface area contributed by atoms with Gasteiger partial charge in [0.05, 0.1) is 5.92 Å². The lowest BCUT2D eigenvalue weighted by Gasteiger charge is -2.11. The van der Waals surface area contributed by atoms with Crippen molar-refractivity contribution in [3.8, 4) is 11.5 Å². The van der Waals surface area contributed by atoms with E-state index in [1.165, 1.54) is 0 Å². The highest BCUT2D eigenvalue weighted by atomic mass is 16.7. The van der Waals surface area contributed by atoms with Gasteiger partial charge in [-0.25, -0.2) is 0 Å². The normalized spacial score (nSPS) is 14.5. The molecule has 1 aliphatic rings. The number of hydrogen-bond acceptors (Lipinski definition) is 4. The van der Waals surface area contributed by atoms with Crippen LogP contribution in [0, 0.1) is 12.8 Å².